The van der Waals surface area contributed by atoms with E-state index in [9.17, 15) is 9.90 Å². The Bertz CT molecular complexity index is 722. The highest BCUT2D eigenvalue weighted by atomic mass is 32.1. The summed E-state index contributed by atoms with van der Waals surface area (Å²) in [6, 6.07) is 0. The molecule has 0 amide bonds. The molecule has 3 aliphatic rings. The smallest absolute Gasteiger partial charge is 0.254 e. The van der Waals surface area contributed by atoms with E-state index in [0.29, 0.717) is 12.0 Å². The van der Waals surface area contributed by atoms with Gasteiger partial charge in [-0.15, -0.1) is 0 Å². The number of fused-ring (bicyclic) bond motifs is 3. The minimum atomic E-state index is -0.663. The SMILES string of the molecule is CC[C@]12O[C@@H](n3cc(C)c(=O)[nH]c3=S)[C@@H](OC13CC3)C2O. The molecule has 2 aliphatic heterocycles. The summed E-state index contributed by atoms with van der Waals surface area (Å²) in [4.78, 5) is 14.2. The average Bonchev–Trinajstić information content (AvgIpc) is 3.12. The van der Waals surface area contributed by atoms with Crippen molar-refractivity contribution in [3.05, 3.63) is 26.9 Å². The monoisotopic (exact) mass is 310 g/mol. The van der Waals surface area contributed by atoms with Crippen LogP contribution in [0.2, 0.25) is 0 Å². The average molecular weight is 310 g/mol. The molecule has 1 saturated carbocycles. The van der Waals surface area contributed by atoms with Gasteiger partial charge < -0.3 is 14.6 Å². The normalized spacial score (nSPS) is 39.1. The van der Waals surface area contributed by atoms with Crippen molar-refractivity contribution in [2.75, 3.05) is 0 Å². The quantitative estimate of drug-likeness (QED) is 0.802. The molecule has 21 heavy (non-hydrogen) atoms. The van der Waals surface area contributed by atoms with Gasteiger partial charge in [-0.05, 0) is 38.4 Å². The number of nitrogens with zero attached hydrogens (tertiary/aromatic N) is 1. The van der Waals surface area contributed by atoms with Crippen molar-refractivity contribution in [1.82, 2.24) is 9.55 Å². The van der Waals surface area contributed by atoms with Crippen LogP contribution in [0.3, 0.4) is 0 Å². The van der Waals surface area contributed by atoms with Crippen LogP contribution in [0.5, 0.6) is 0 Å². The molecule has 1 aliphatic carbocycles. The molecule has 3 fully saturated rings. The maximum Gasteiger partial charge on any atom is 0.254 e. The number of hydrogen-bond acceptors (Lipinski definition) is 5. The van der Waals surface area contributed by atoms with Gasteiger partial charge in [-0.2, -0.15) is 0 Å². The molecule has 4 rings (SSSR count). The number of H-pyrrole nitrogens is 1. The fourth-order valence-corrected chi connectivity index (χ4v) is 4.14. The first-order chi connectivity index (χ1) is 9.94. The third kappa shape index (κ3) is 1.52. The van der Waals surface area contributed by atoms with Crippen LogP contribution in [0.4, 0.5) is 0 Å². The van der Waals surface area contributed by atoms with Crippen LogP contribution in [0.15, 0.2) is 11.0 Å². The predicted octanol–water partition coefficient (Wildman–Crippen LogP) is 1.18. The van der Waals surface area contributed by atoms with Crippen LogP contribution in [0.1, 0.15) is 38.0 Å². The van der Waals surface area contributed by atoms with Gasteiger partial charge >= 0.3 is 0 Å². The third-order valence-electron chi connectivity index (χ3n) is 5.18. The van der Waals surface area contributed by atoms with Crippen molar-refractivity contribution in [2.24, 2.45) is 0 Å². The first kappa shape index (κ1) is 13.6. The first-order valence-electron chi connectivity index (χ1n) is 7.30. The van der Waals surface area contributed by atoms with Crippen molar-refractivity contribution in [3.63, 3.8) is 0 Å². The maximum atomic E-state index is 11.6. The predicted molar refractivity (Wildman–Crippen MR) is 76.6 cm³/mol. The molecule has 7 heteroatoms. The van der Waals surface area contributed by atoms with Gasteiger partial charge in [-0.3, -0.25) is 14.3 Å². The Morgan fingerprint density at radius 3 is 2.86 bits per heavy atom. The number of nitrogens with one attached hydrogen (secondary N) is 1. The molecule has 1 aromatic heterocycles. The van der Waals surface area contributed by atoms with Gasteiger partial charge in [0, 0.05) is 11.8 Å². The summed E-state index contributed by atoms with van der Waals surface area (Å²) < 4.78 is 14.3. The zero-order valence-corrected chi connectivity index (χ0v) is 12.8. The van der Waals surface area contributed by atoms with Crippen molar-refractivity contribution in [1.29, 1.82) is 0 Å². The van der Waals surface area contributed by atoms with E-state index in [1.54, 1.807) is 17.7 Å². The summed E-state index contributed by atoms with van der Waals surface area (Å²) in [5, 5.41) is 10.6. The second-order valence-electron chi connectivity index (χ2n) is 6.25. The second-order valence-corrected chi connectivity index (χ2v) is 6.64. The molecule has 1 unspecified atom stereocenters. The van der Waals surface area contributed by atoms with E-state index in [1.807, 2.05) is 6.92 Å². The number of rotatable bonds is 2. The van der Waals surface area contributed by atoms with Crippen molar-refractivity contribution < 1.29 is 14.6 Å². The minimum Gasteiger partial charge on any atom is -0.387 e. The van der Waals surface area contributed by atoms with Gasteiger partial charge in [-0.1, -0.05) is 6.92 Å². The lowest BCUT2D eigenvalue weighted by atomic mass is 9.88. The number of aryl methyl sites for hydroxylation is 1. The van der Waals surface area contributed by atoms with Crippen LogP contribution in [0.25, 0.3) is 0 Å². The summed E-state index contributed by atoms with van der Waals surface area (Å²) in [6.07, 6.45) is 2.62. The number of ether oxygens (including phenoxy) is 2. The van der Waals surface area contributed by atoms with Gasteiger partial charge in [0.25, 0.3) is 5.56 Å². The molecule has 114 valence electrons. The topological polar surface area (TPSA) is 76.5 Å². The highest BCUT2D eigenvalue weighted by Crippen LogP contribution is 2.65. The highest BCUT2D eigenvalue weighted by Gasteiger charge is 2.77. The Balaban J connectivity index is 1.79. The van der Waals surface area contributed by atoms with E-state index in [2.05, 4.69) is 4.98 Å². The molecule has 1 aromatic rings. The number of aromatic nitrogens is 2. The molecule has 2 N–H and O–H groups in total. The number of aliphatic hydroxyl groups is 1. The number of aromatic amines is 1. The van der Waals surface area contributed by atoms with Gasteiger partial charge in [0.2, 0.25) is 0 Å². The molecule has 1 spiro atoms. The molecule has 6 nitrogen and oxygen atoms in total. The number of aliphatic hydroxyl groups excluding tert-OH is 1. The van der Waals surface area contributed by atoms with E-state index in [0.717, 1.165) is 12.8 Å². The lowest BCUT2D eigenvalue weighted by molar-refractivity contribution is -0.225. The highest BCUT2D eigenvalue weighted by molar-refractivity contribution is 7.71. The Labute approximate surface area is 126 Å². The molecule has 2 saturated heterocycles. The zero-order chi connectivity index (χ0) is 15.0. The van der Waals surface area contributed by atoms with E-state index < -0.39 is 24.0 Å². The summed E-state index contributed by atoms with van der Waals surface area (Å²) in [5.74, 6) is 0. The Morgan fingerprint density at radius 2 is 2.24 bits per heavy atom. The lowest BCUT2D eigenvalue weighted by Crippen LogP contribution is -2.48. The molecular weight excluding hydrogens is 292 g/mol. The molecule has 0 aromatic carbocycles. The van der Waals surface area contributed by atoms with Crippen molar-refractivity contribution in [2.45, 2.75) is 62.7 Å². The minimum absolute atomic E-state index is 0.204. The van der Waals surface area contributed by atoms with Crippen LogP contribution >= 0.6 is 12.2 Å². The van der Waals surface area contributed by atoms with E-state index in [-0.39, 0.29) is 15.9 Å². The standard InChI is InChI=1S/C14H18N2O4S/c1-3-14-9(17)8(19-13(14)4-5-13)11(20-14)16-6-7(2)10(18)15-12(16)21/h6,8-9,11,17H,3-5H2,1-2H3,(H,15,18,21)/t8-,9?,11+,14+/m0/s1. The maximum absolute atomic E-state index is 11.6. The second kappa shape index (κ2) is 4.04. The largest absolute Gasteiger partial charge is 0.387 e. The Morgan fingerprint density at radius 1 is 1.52 bits per heavy atom. The summed E-state index contributed by atoms with van der Waals surface area (Å²) in [6.45, 7) is 3.72. The molecule has 4 atom stereocenters. The fraction of sp³-hybridized carbons (Fsp3) is 0.714. The van der Waals surface area contributed by atoms with Crippen LogP contribution in [-0.4, -0.2) is 38.1 Å². The third-order valence-corrected chi connectivity index (χ3v) is 5.50. The molecule has 3 heterocycles. The number of hydrogen-bond donors (Lipinski definition) is 2. The van der Waals surface area contributed by atoms with Gasteiger partial charge in [0.1, 0.15) is 23.4 Å². The van der Waals surface area contributed by atoms with Crippen LogP contribution in [0, 0.1) is 11.7 Å². The van der Waals surface area contributed by atoms with Gasteiger partial charge in [0.05, 0.1) is 0 Å². The van der Waals surface area contributed by atoms with Crippen molar-refractivity contribution in [3.8, 4) is 0 Å². The van der Waals surface area contributed by atoms with Crippen molar-refractivity contribution >= 4 is 12.2 Å². The van der Waals surface area contributed by atoms with Gasteiger partial charge in [-0.25, -0.2) is 0 Å². The summed E-state index contributed by atoms with van der Waals surface area (Å²) >= 11 is 5.23. The van der Waals surface area contributed by atoms with E-state index in [1.165, 1.54) is 0 Å². The van der Waals surface area contributed by atoms with Crippen LogP contribution < -0.4 is 5.56 Å². The lowest BCUT2D eigenvalue weighted by Gasteiger charge is -2.38. The van der Waals surface area contributed by atoms with Gasteiger partial charge in [0.15, 0.2) is 11.0 Å². The fourth-order valence-electron chi connectivity index (χ4n) is 3.89. The zero-order valence-electron chi connectivity index (χ0n) is 12.0. The molecule has 2 bridgehead atoms. The summed E-state index contributed by atoms with van der Waals surface area (Å²) in [7, 11) is 0. The molecule has 0 radical (unpaired) electrons. The Hall–Kier alpha value is -1.02. The summed E-state index contributed by atoms with van der Waals surface area (Å²) in [5.41, 5.74) is -0.621. The first-order valence-corrected chi connectivity index (χ1v) is 7.71. The molecular formula is C14H18N2O4S. The Kier molecular flexibility index (Phi) is 2.62. The van der Waals surface area contributed by atoms with E-state index in [4.69, 9.17) is 21.7 Å². The van der Waals surface area contributed by atoms with Crippen LogP contribution in [-0.2, 0) is 9.47 Å². The van der Waals surface area contributed by atoms with E-state index >= 15 is 0 Å².